The highest BCUT2D eigenvalue weighted by atomic mass is 16.9. The van der Waals surface area contributed by atoms with E-state index in [9.17, 15) is 35.4 Å². The van der Waals surface area contributed by atoms with Crippen LogP contribution in [0.1, 0.15) is 0 Å². The maximum Gasteiger partial charge on any atom is 0.280 e. The lowest BCUT2D eigenvalue weighted by atomic mass is 9.99. The van der Waals surface area contributed by atoms with Crippen LogP contribution in [0, 0.1) is 0 Å². The van der Waals surface area contributed by atoms with Crippen LogP contribution in [-0.2, 0) is 14.4 Å². The first-order valence-electron chi connectivity index (χ1n) is 9.02. The van der Waals surface area contributed by atoms with Crippen molar-refractivity contribution in [2.24, 2.45) is 0 Å². The van der Waals surface area contributed by atoms with Gasteiger partial charge in [0.05, 0.1) is 13.2 Å². The average molecular weight is 447 g/mol. The number of nitrogen functional groups attached to an aromatic ring is 1. The van der Waals surface area contributed by atoms with E-state index in [1.807, 2.05) is 0 Å². The standard InChI is InChI=1S/C14H21N7O10/c15-14-17-10-6(11(27)18-14)16-3-19(10)21-20(12(28)5(2-23)30-21)31-13-9(26)8(25)7(24)4(1-22)29-13/h3-5,7-9,12-13,22-26,28H,1-2H2,(H3,15,17,18,27)/t4-,5-,7+,8+,9-,12-,13+/m1/s1. The summed E-state index contributed by atoms with van der Waals surface area (Å²) in [6.45, 7) is -1.38. The molecule has 0 spiro atoms. The Morgan fingerprint density at radius 3 is 2.52 bits per heavy atom. The SMILES string of the molecule is Nc1nc2c(ncn2N2O[C@H](CO)[C@@H](O)N2O[C@@H]2O[C@H](CO)[C@H](O)[C@H](O)[C@H]2O)c(=O)[nH]1. The zero-order valence-electron chi connectivity index (χ0n) is 15.7. The van der Waals surface area contributed by atoms with E-state index in [-0.39, 0.29) is 17.1 Å². The third-order valence-corrected chi connectivity index (χ3v) is 4.79. The Bertz CT molecular complexity index is 984. The molecule has 172 valence electrons. The van der Waals surface area contributed by atoms with Crippen molar-refractivity contribution in [2.75, 3.05) is 24.2 Å². The molecule has 4 rings (SSSR count). The maximum atomic E-state index is 12.0. The zero-order valence-corrected chi connectivity index (χ0v) is 15.7. The largest absolute Gasteiger partial charge is 0.394 e. The number of imidazole rings is 1. The van der Waals surface area contributed by atoms with Gasteiger partial charge in [-0.25, -0.2) is 14.7 Å². The summed E-state index contributed by atoms with van der Waals surface area (Å²) >= 11 is 0. The fourth-order valence-corrected chi connectivity index (χ4v) is 3.14. The minimum atomic E-state index is -1.80. The van der Waals surface area contributed by atoms with Crippen LogP contribution < -0.4 is 16.6 Å². The summed E-state index contributed by atoms with van der Waals surface area (Å²) in [6.07, 6.45) is -9.98. The molecule has 2 aliphatic heterocycles. The molecule has 4 heterocycles. The van der Waals surface area contributed by atoms with Crippen LogP contribution >= 0.6 is 0 Å². The van der Waals surface area contributed by atoms with Gasteiger partial charge in [-0.2, -0.15) is 9.66 Å². The van der Waals surface area contributed by atoms with E-state index < -0.39 is 61.8 Å². The number of anilines is 1. The second kappa shape index (κ2) is 8.24. The molecule has 0 radical (unpaired) electrons. The van der Waals surface area contributed by atoms with Gasteiger partial charge in [0.25, 0.3) is 5.56 Å². The molecule has 17 nitrogen and oxygen atoms in total. The number of aliphatic hydroxyl groups excluding tert-OH is 6. The Morgan fingerprint density at radius 1 is 1.13 bits per heavy atom. The van der Waals surface area contributed by atoms with Crippen molar-refractivity contribution in [3.63, 3.8) is 0 Å². The number of hydrogen-bond acceptors (Lipinski definition) is 15. The molecule has 2 saturated heterocycles. The van der Waals surface area contributed by atoms with Gasteiger partial charge in [0, 0.05) is 0 Å². The first-order valence-corrected chi connectivity index (χ1v) is 9.02. The third-order valence-electron chi connectivity index (χ3n) is 4.79. The van der Waals surface area contributed by atoms with Crippen molar-refractivity contribution in [2.45, 2.75) is 43.0 Å². The number of aromatic amines is 1. The minimum absolute atomic E-state index is 0.102. The Kier molecular flexibility index (Phi) is 5.79. The topological polar surface area (TPSA) is 245 Å². The van der Waals surface area contributed by atoms with Gasteiger partial charge in [0.2, 0.25) is 12.2 Å². The fourth-order valence-electron chi connectivity index (χ4n) is 3.14. The normalized spacial score (nSPS) is 34.6. The number of aliphatic hydroxyl groups is 6. The molecule has 0 unspecified atom stereocenters. The van der Waals surface area contributed by atoms with E-state index in [1.54, 1.807) is 0 Å². The molecule has 2 aromatic rings. The van der Waals surface area contributed by atoms with Gasteiger partial charge in [0.15, 0.2) is 23.5 Å². The van der Waals surface area contributed by atoms with Crippen LogP contribution in [0.15, 0.2) is 11.1 Å². The molecule has 9 N–H and O–H groups in total. The summed E-state index contributed by atoms with van der Waals surface area (Å²) in [6, 6.07) is 0. The average Bonchev–Trinajstić information content (AvgIpc) is 3.29. The molecule has 2 fully saturated rings. The molecule has 31 heavy (non-hydrogen) atoms. The molecular weight excluding hydrogens is 426 g/mol. The Morgan fingerprint density at radius 2 is 1.84 bits per heavy atom. The minimum Gasteiger partial charge on any atom is -0.394 e. The summed E-state index contributed by atoms with van der Waals surface area (Å²) in [7, 11) is 0. The van der Waals surface area contributed by atoms with E-state index in [1.165, 1.54) is 0 Å². The summed E-state index contributed by atoms with van der Waals surface area (Å²) in [5.41, 5.74) is 4.68. The molecule has 0 aromatic carbocycles. The predicted molar refractivity (Wildman–Crippen MR) is 95.4 cm³/mol. The molecule has 0 bridgehead atoms. The van der Waals surface area contributed by atoms with Crippen LogP contribution in [-0.4, -0.2) is 112 Å². The predicted octanol–water partition coefficient (Wildman–Crippen LogP) is -5.79. The van der Waals surface area contributed by atoms with Gasteiger partial charge in [-0.1, -0.05) is 5.28 Å². The monoisotopic (exact) mass is 447 g/mol. The van der Waals surface area contributed by atoms with Crippen LogP contribution in [0.5, 0.6) is 0 Å². The number of aromatic nitrogens is 4. The van der Waals surface area contributed by atoms with Crippen LogP contribution in [0.3, 0.4) is 0 Å². The van der Waals surface area contributed by atoms with Crippen molar-refractivity contribution in [1.82, 2.24) is 24.8 Å². The molecule has 17 heteroatoms. The van der Waals surface area contributed by atoms with Crippen molar-refractivity contribution in [3.05, 3.63) is 16.7 Å². The lowest BCUT2D eigenvalue weighted by Gasteiger charge is -2.41. The fraction of sp³-hybridized carbons (Fsp3) is 0.643. The van der Waals surface area contributed by atoms with E-state index in [4.69, 9.17) is 20.1 Å². The lowest BCUT2D eigenvalue weighted by molar-refractivity contribution is -0.388. The summed E-state index contributed by atoms with van der Waals surface area (Å²) < 4.78 is 6.27. The van der Waals surface area contributed by atoms with Crippen molar-refractivity contribution >= 4 is 17.1 Å². The number of hydroxylamine groups is 1. The number of nitrogens with two attached hydrogens (primary N) is 1. The molecule has 2 aromatic heterocycles. The first kappa shape index (κ1) is 21.8. The summed E-state index contributed by atoms with van der Waals surface area (Å²) in [5, 5.41) is 60.7. The third kappa shape index (κ3) is 3.61. The highest BCUT2D eigenvalue weighted by molar-refractivity contribution is 5.70. The molecule has 0 saturated carbocycles. The van der Waals surface area contributed by atoms with Crippen molar-refractivity contribution in [3.8, 4) is 0 Å². The summed E-state index contributed by atoms with van der Waals surface area (Å²) in [4.78, 5) is 33.0. The van der Waals surface area contributed by atoms with Gasteiger partial charge in [-0.3, -0.25) is 9.78 Å². The van der Waals surface area contributed by atoms with Gasteiger partial charge in [0.1, 0.15) is 30.7 Å². The Balaban J connectivity index is 1.68. The highest BCUT2D eigenvalue weighted by Crippen LogP contribution is 2.27. The number of H-pyrrole nitrogens is 1. The number of hydrazine groups is 1. The molecule has 0 aliphatic carbocycles. The Labute approximate surface area is 171 Å². The maximum absolute atomic E-state index is 12.0. The number of rotatable bonds is 5. The zero-order chi connectivity index (χ0) is 22.4. The number of ether oxygens (including phenoxy) is 1. The van der Waals surface area contributed by atoms with Crippen molar-refractivity contribution in [1.29, 1.82) is 0 Å². The quantitative estimate of drug-likeness (QED) is 0.213. The van der Waals surface area contributed by atoms with Crippen molar-refractivity contribution < 1.29 is 45.1 Å². The van der Waals surface area contributed by atoms with E-state index in [0.29, 0.717) is 5.17 Å². The number of nitrogens with one attached hydrogen (secondary N) is 1. The van der Waals surface area contributed by atoms with Gasteiger partial charge >= 0.3 is 0 Å². The van der Waals surface area contributed by atoms with E-state index >= 15 is 0 Å². The van der Waals surface area contributed by atoms with Gasteiger partial charge in [-0.05, 0) is 5.17 Å². The van der Waals surface area contributed by atoms with E-state index in [2.05, 4.69) is 15.0 Å². The number of nitrogens with zero attached hydrogens (tertiary/aromatic N) is 5. The number of hydrogen-bond donors (Lipinski definition) is 8. The van der Waals surface area contributed by atoms with Gasteiger partial charge < -0.3 is 41.1 Å². The lowest BCUT2D eigenvalue weighted by Crippen LogP contribution is -2.62. The van der Waals surface area contributed by atoms with Crippen LogP contribution in [0.2, 0.25) is 0 Å². The summed E-state index contributed by atoms with van der Waals surface area (Å²) in [5.74, 6) is -0.237. The molecule has 7 atom stereocenters. The van der Waals surface area contributed by atoms with Crippen LogP contribution in [0.25, 0.3) is 11.2 Å². The smallest absolute Gasteiger partial charge is 0.280 e. The second-order valence-electron chi connectivity index (χ2n) is 6.81. The molecular formula is C14H21N7O10. The second-order valence-corrected chi connectivity index (χ2v) is 6.81. The first-order chi connectivity index (χ1) is 14.8. The number of fused-ring (bicyclic) bond motifs is 1. The highest BCUT2D eigenvalue weighted by Gasteiger charge is 2.50. The van der Waals surface area contributed by atoms with E-state index in [0.717, 1.165) is 16.3 Å². The molecule has 2 aliphatic rings. The van der Waals surface area contributed by atoms with Gasteiger partial charge in [-0.15, -0.1) is 0 Å². The van der Waals surface area contributed by atoms with Crippen LogP contribution in [0.4, 0.5) is 5.95 Å². The molecule has 0 amide bonds. The Hall–Kier alpha value is -2.45.